The van der Waals surface area contributed by atoms with Crippen molar-refractivity contribution >= 4 is 0 Å². The lowest BCUT2D eigenvalue weighted by molar-refractivity contribution is 0.0600. The fourth-order valence-corrected chi connectivity index (χ4v) is 2.02. The fourth-order valence-electron chi connectivity index (χ4n) is 2.02. The largest absolute Gasteiger partial charge is 0.381 e. The predicted molar refractivity (Wildman–Crippen MR) is 60.9 cm³/mol. The maximum absolute atomic E-state index is 5.46. The van der Waals surface area contributed by atoms with E-state index in [1.807, 2.05) is 10.9 Å². The van der Waals surface area contributed by atoms with Gasteiger partial charge in [0.05, 0.1) is 5.69 Å². The Morgan fingerprint density at radius 2 is 2.25 bits per heavy atom. The van der Waals surface area contributed by atoms with Gasteiger partial charge in [-0.15, -0.1) is 5.10 Å². The first-order valence-corrected chi connectivity index (χ1v) is 6.05. The molecule has 1 fully saturated rings. The van der Waals surface area contributed by atoms with Crippen LogP contribution in [0.15, 0.2) is 6.20 Å². The summed E-state index contributed by atoms with van der Waals surface area (Å²) in [5.74, 6) is 0.692. The van der Waals surface area contributed by atoms with Crippen molar-refractivity contribution in [2.45, 2.75) is 32.2 Å². The third-order valence-corrected chi connectivity index (χ3v) is 3.01. The molecule has 1 aromatic heterocycles. The van der Waals surface area contributed by atoms with Crippen LogP contribution in [-0.2, 0) is 17.7 Å². The summed E-state index contributed by atoms with van der Waals surface area (Å²) in [5.41, 5.74) is 6.52. The van der Waals surface area contributed by atoms with Gasteiger partial charge in [0.25, 0.3) is 0 Å². The highest BCUT2D eigenvalue weighted by atomic mass is 16.5. The Bertz CT molecular complexity index is 307. The van der Waals surface area contributed by atoms with E-state index in [-0.39, 0.29) is 0 Å². The Kier molecular flexibility index (Phi) is 4.30. The number of aryl methyl sites for hydroxylation is 1. The summed E-state index contributed by atoms with van der Waals surface area (Å²) < 4.78 is 7.30. The van der Waals surface area contributed by atoms with Gasteiger partial charge in [0, 0.05) is 26.0 Å². The van der Waals surface area contributed by atoms with E-state index in [4.69, 9.17) is 10.5 Å². The lowest BCUT2D eigenvalue weighted by Gasteiger charge is -2.21. The molecule has 0 amide bonds. The van der Waals surface area contributed by atoms with Gasteiger partial charge in [-0.1, -0.05) is 5.21 Å². The molecule has 16 heavy (non-hydrogen) atoms. The number of aromatic nitrogens is 3. The van der Waals surface area contributed by atoms with E-state index < -0.39 is 0 Å². The zero-order chi connectivity index (χ0) is 11.2. The van der Waals surface area contributed by atoms with Crippen molar-refractivity contribution in [1.29, 1.82) is 0 Å². The molecule has 2 N–H and O–H groups in total. The molecule has 5 heteroatoms. The minimum Gasteiger partial charge on any atom is -0.381 e. The highest BCUT2D eigenvalue weighted by molar-refractivity contribution is 4.92. The summed E-state index contributed by atoms with van der Waals surface area (Å²) in [6.45, 7) is 3.46. The number of hydrogen-bond acceptors (Lipinski definition) is 4. The monoisotopic (exact) mass is 224 g/mol. The molecule has 0 aromatic carbocycles. The van der Waals surface area contributed by atoms with Gasteiger partial charge in [-0.2, -0.15) is 0 Å². The van der Waals surface area contributed by atoms with Crippen molar-refractivity contribution in [3.05, 3.63) is 11.9 Å². The summed E-state index contributed by atoms with van der Waals surface area (Å²) in [5, 5.41) is 8.29. The molecule has 1 saturated heterocycles. The van der Waals surface area contributed by atoms with Crippen LogP contribution >= 0.6 is 0 Å². The van der Waals surface area contributed by atoms with E-state index in [1.54, 1.807) is 0 Å². The van der Waals surface area contributed by atoms with Gasteiger partial charge >= 0.3 is 0 Å². The second kappa shape index (κ2) is 5.96. The van der Waals surface area contributed by atoms with E-state index in [9.17, 15) is 0 Å². The minimum atomic E-state index is 0.692. The zero-order valence-electron chi connectivity index (χ0n) is 9.64. The molecule has 0 atom stereocenters. The Labute approximate surface area is 96.0 Å². The molecule has 2 rings (SSSR count). The van der Waals surface area contributed by atoms with Crippen molar-refractivity contribution in [1.82, 2.24) is 15.0 Å². The van der Waals surface area contributed by atoms with E-state index >= 15 is 0 Å². The van der Waals surface area contributed by atoms with Gasteiger partial charge in [-0.05, 0) is 38.1 Å². The summed E-state index contributed by atoms with van der Waals surface area (Å²) in [7, 11) is 0. The summed E-state index contributed by atoms with van der Waals surface area (Å²) >= 11 is 0. The van der Waals surface area contributed by atoms with Crippen molar-refractivity contribution in [3.63, 3.8) is 0 Å². The molecule has 0 saturated carbocycles. The average molecular weight is 224 g/mol. The fraction of sp³-hybridized carbons (Fsp3) is 0.818. The third-order valence-electron chi connectivity index (χ3n) is 3.01. The maximum Gasteiger partial charge on any atom is 0.0827 e. The molecule has 90 valence electrons. The van der Waals surface area contributed by atoms with Gasteiger partial charge in [0.2, 0.25) is 0 Å². The Hall–Kier alpha value is -0.940. The SMILES string of the molecule is NCCCc1cn(CC2CCOCC2)nn1. The summed E-state index contributed by atoms with van der Waals surface area (Å²) in [4.78, 5) is 0. The van der Waals surface area contributed by atoms with Crippen LogP contribution in [-0.4, -0.2) is 34.8 Å². The van der Waals surface area contributed by atoms with Crippen molar-refractivity contribution in [2.75, 3.05) is 19.8 Å². The standard InChI is InChI=1S/C11H20N4O/c12-5-1-2-11-9-15(14-13-11)8-10-3-6-16-7-4-10/h9-10H,1-8,12H2. The number of hydrogen-bond donors (Lipinski definition) is 1. The maximum atomic E-state index is 5.46. The quantitative estimate of drug-likeness (QED) is 0.795. The predicted octanol–water partition coefficient (Wildman–Crippen LogP) is 0.596. The first-order chi connectivity index (χ1) is 7.88. The van der Waals surface area contributed by atoms with Gasteiger partial charge in [-0.3, -0.25) is 4.68 Å². The molecule has 1 aromatic rings. The topological polar surface area (TPSA) is 66.0 Å². The van der Waals surface area contributed by atoms with E-state index in [0.29, 0.717) is 12.5 Å². The van der Waals surface area contributed by atoms with Crippen LogP contribution in [0.1, 0.15) is 25.0 Å². The minimum absolute atomic E-state index is 0.692. The molecule has 0 unspecified atom stereocenters. The van der Waals surface area contributed by atoms with Crippen LogP contribution in [0.5, 0.6) is 0 Å². The van der Waals surface area contributed by atoms with Crippen LogP contribution in [0.3, 0.4) is 0 Å². The zero-order valence-corrected chi connectivity index (χ0v) is 9.64. The molecule has 0 radical (unpaired) electrons. The van der Waals surface area contributed by atoms with Gasteiger partial charge in [-0.25, -0.2) is 0 Å². The molecule has 1 aliphatic heterocycles. The van der Waals surface area contributed by atoms with E-state index in [1.165, 1.54) is 0 Å². The Morgan fingerprint density at radius 1 is 1.44 bits per heavy atom. The first kappa shape index (κ1) is 11.5. The van der Waals surface area contributed by atoms with E-state index in [0.717, 1.165) is 51.1 Å². The second-order valence-electron chi connectivity index (χ2n) is 4.38. The molecule has 0 aliphatic carbocycles. The number of nitrogens with zero attached hydrogens (tertiary/aromatic N) is 3. The Morgan fingerprint density at radius 3 is 3.00 bits per heavy atom. The van der Waals surface area contributed by atoms with Crippen molar-refractivity contribution < 1.29 is 4.74 Å². The third kappa shape index (κ3) is 3.28. The number of ether oxygens (including phenoxy) is 1. The van der Waals surface area contributed by atoms with Crippen LogP contribution in [0.4, 0.5) is 0 Å². The molecule has 2 heterocycles. The summed E-state index contributed by atoms with van der Waals surface area (Å²) in [6.07, 6.45) is 6.24. The van der Waals surface area contributed by atoms with Gasteiger partial charge in [0.1, 0.15) is 0 Å². The molecule has 5 nitrogen and oxygen atoms in total. The highest BCUT2D eigenvalue weighted by Crippen LogP contribution is 2.16. The lowest BCUT2D eigenvalue weighted by atomic mass is 10.0. The van der Waals surface area contributed by atoms with Crippen molar-refractivity contribution in [2.24, 2.45) is 11.7 Å². The van der Waals surface area contributed by atoms with Gasteiger partial charge in [0.15, 0.2) is 0 Å². The number of nitrogens with two attached hydrogens (primary N) is 1. The molecule has 1 aliphatic rings. The highest BCUT2D eigenvalue weighted by Gasteiger charge is 2.14. The second-order valence-corrected chi connectivity index (χ2v) is 4.38. The molecular weight excluding hydrogens is 204 g/mol. The van der Waals surface area contributed by atoms with Crippen LogP contribution in [0.2, 0.25) is 0 Å². The Balaban J connectivity index is 1.81. The average Bonchev–Trinajstić information content (AvgIpc) is 2.75. The molecule has 0 spiro atoms. The van der Waals surface area contributed by atoms with Crippen LogP contribution in [0, 0.1) is 5.92 Å². The number of rotatable bonds is 5. The molecule has 0 bridgehead atoms. The summed E-state index contributed by atoms with van der Waals surface area (Å²) in [6, 6.07) is 0. The van der Waals surface area contributed by atoms with Gasteiger partial charge < -0.3 is 10.5 Å². The van der Waals surface area contributed by atoms with Crippen molar-refractivity contribution in [3.8, 4) is 0 Å². The van der Waals surface area contributed by atoms with E-state index in [2.05, 4.69) is 10.3 Å². The lowest BCUT2D eigenvalue weighted by Crippen LogP contribution is -2.20. The van der Waals surface area contributed by atoms with Crippen LogP contribution in [0.25, 0.3) is 0 Å². The van der Waals surface area contributed by atoms with Crippen LogP contribution < -0.4 is 5.73 Å². The first-order valence-electron chi connectivity index (χ1n) is 6.05. The molecular formula is C11H20N4O. The normalized spacial score (nSPS) is 17.8. The smallest absolute Gasteiger partial charge is 0.0827 e.